The molecule has 1 heterocycles. The predicted molar refractivity (Wildman–Crippen MR) is 108 cm³/mol. The molecule has 0 aliphatic carbocycles. The second-order valence-corrected chi connectivity index (χ2v) is 6.37. The van der Waals surface area contributed by atoms with Gasteiger partial charge in [0, 0.05) is 42.8 Å². The number of imidazole rings is 1. The molecule has 0 unspecified atom stereocenters. The number of anilines is 1. The summed E-state index contributed by atoms with van der Waals surface area (Å²) in [6.07, 6.45) is 10.7. The highest BCUT2D eigenvalue weighted by atomic mass is 16.2. The van der Waals surface area contributed by atoms with Crippen molar-refractivity contribution in [3.63, 3.8) is 0 Å². The molecule has 0 saturated carbocycles. The van der Waals surface area contributed by atoms with Crippen molar-refractivity contribution in [3.8, 4) is 12.3 Å². The Morgan fingerprint density at radius 1 is 1.21 bits per heavy atom. The van der Waals surface area contributed by atoms with E-state index in [4.69, 9.17) is 6.42 Å². The molecule has 0 saturated heterocycles. The molecule has 140 valence electrons. The summed E-state index contributed by atoms with van der Waals surface area (Å²) in [5.74, 6) is 2.01. The number of amides is 2. The van der Waals surface area contributed by atoms with Crippen LogP contribution in [0.15, 0.2) is 67.3 Å². The molecule has 6 nitrogen and oxygen atoms in total. The van der Waals surface area contributed by atoms with E-state index in [1.807, 2.05) is 22.9 Å². The molecule has 0 radical (unpaired) electrons. The zero-order valence-electron chi connectivity index (χ0n) is 15.5. The van der Waals surface area contributed by atoms with Gasteiger partial charge in [0.1, 0.15) is 0 Å². The van der Waals surface area contributed by atoms with Gasteiger partial charge in [0.25, 0.3) is 5.91 Å². The molecule has 0 fully saturated rings. The van der Waals surface area contributed by atoms with E-state index in [0.717, 1.165) is 5.56 Å². The van der Waals surface area contributed by atoms with Crippen LogP contribution in [-0.2, 0) is 11.3 Å². The Hall–Kier alpha value is -3.85. The molecular weight excluding hydrogens is 352 g/mol. The molecule has 0 atom stereocenters. The van der Waals surface area contributed by atoms with Crippen molar-refractivity contribution < 1.29 is 9.59 Å². The number of likely N-dealkylation sites (N-methyl/N-ethyl adjacent to an activating group) is 1. The summed E-state index contributed by atoms with van der Waals surface area (Å²) in [4.78, 5) is 30.2. The molecule has 6 heteroatoms. The highest BCUT2D eigenvalue weighted by molar-refractivity contribution is 5.99. The number of nitrogens with one attached hydrogen (secondary N) is 1. The standard InChI is InChI=1S/C22H20N4O2/c1-3-17-5-4-6-20(13-17)24-21(27)15-25(2)22(28)19-9-7-18(8-10-19)14-26-12-11-23-16-26/h1,4-13,16H,14-15H2,2H3,(H,24,27). The van der Waals surface area contributed by atoms with E-state index >= 15 is 0 Å². The van der Waals surface area contributed by atoms with Crippen LogP contribution in [0.2, 0.25) is 0 Å². The lowest BCUT2D eigenvalue weighted by Crippen LogP contribution is -2.34. The number of nitrogens with zero attached hydrogens (tertiary/aromatic N) is 3. The molecule has 2 aromatic carbocycles. The number of benzene rings is 2. The number of hydrogen-bond donors (Lipinski definition) is 1. The number of hydrogen-bond acceptors (Lipinski definition) is 3. The molecule has 28 heavy (non-hydrogen) atoms. The summed E-state index contributed by atoms with van der Waals surface area (Å²) in [6.45, 7) is 0.624. The Balaban J connectivity index is 1.57. The van der Waals surface area contributed by atoms with Crippen LogP contribution >= 0.6 is 0 Å². The fourth-order valence-electron chi connectivity index (χ4n) is 2.74. The number of rotatable bonds is 6. The Morgan fingerprint density at radius 3 is 2.68 bits per heavy atom. The summed E-state index contributed by atoms with van der Waals surface area (Å²) in [6, 6.07) is 14.3. The molecule has 1 aromatic heterocycles. The van der Waals surface area contributed by atoms with Gasteiger partial charge in [0.05, 0.1) is 12.9 Å². The third-order valence-electron chi connectivity index (χ3n) is 4.17. The lowest BCUT2D eigenvalue weighted by molar-refractivity contribution is -0.116. The Kier molecular flexibility index (Phi) is 5.87. The van der Waals surface area contributed by atoms with Gasteiger partial charge in [-0.3, -0.25) is 9.59 Å². The largest absolute Gasteiger partial charge is 0.333 e. The minimum atomic E-state index is -0.290. The van der Waals surface area contributed by atoms with Crippen molar-refractivity contribution in [1.29, 1.82) is 0 Å². The maximum Gasteiger partial charge on any atom is 0.254 e. The van der Waals surface area contributed by atoms with Gasteiger partial charge < -0.3 is 14.8 Å². The van der Waals surface area contributed by atoms with Crippen LogP contribution < -0.4 is 5.32 Å². The van der Waals surface area contributed by atoms with Crippen molar-refractivity contribution in [2.45, 2.75) is 6.54 Å². The van der Waals surface area contributed by atoms with E-state index in [-0.39, 0.29) is 18.4 Å². The molecule has 0 aliphatic heterocycles. The average Bonchev–Trinajstić information content (AvgIpc) is 3.21. The third-order valence-corrected chi connectivity index (χ3v) is 4.17. The van der Waals surface area contributed by atoms with Crippen LogP contribution in [0.4, 0.5) is 5.69 Å². The quantitative estimate of drug-likeness (QED) is 0.677. The van der Waals surface area contributed by atoms with Gasteiger partial charge in [0.15, 0.2) is 0 Å². The lowest BCUT2D eigenvalue weighted by atomic mass is 10.1. The fourth-order valence-corrected chi connectivity index (χ4v) is 2.74. The second-order valence-electron chi connectivity index (χ2n) is 6.37. The Labute approximate surface area is 163 Å². The molecule has 0 spiro atoms. The van der Waals surface area contributed by atoms with Crippen LogP contribution in [0.25, 0.3) is 0 Å². The highest BCUT2D eigenvalue weighted by Gasteiger charge is 2.15. The van der Waals surface area contributed by atoms with Gasteiger partial charge in [-0.2, -0.15) is 0 Å². The van der Waals surface area contributed by atoms with Crippen LogP contribution in [0.1, 0.15) is 21.5 Å². The van der Waals surface area contributed by atoms with Gasteiger partial charge in [-0.05, 0) is 35.9 Å². The third kappa shape index (κ3) is 4.86. The Morgan fingerprint density at radius 2 is 2.00 bits per heavy atom. The normalized spacial score (nSPS) is 10.1. The minimum Gasteiger partial charge on any atom is -0.333 e. The van der Waals surface area contributed by atoms with Crippen LogP contribution in [0.3, 0.4) is 0 Å². The van der Waals surface area contributed by atoms with Crippen LogP contribution in [-0.4, -0.2) is 39.9 Å². The first-order valence-corrected chi connectivity index (χ1v) is 8.72. The smallest absolute Gasteiger partial charge is 0.254 e. The summed E-state index contributed by atoms with van der Waals surface area (Å²) >= 11 is 0. The van der Waals surface area contributed by atoms with Gasteiger partial charge in [0.2, 0.25) is 5.91 Å². The van der Waals surface area contributed by atoms with Crippen LogP contribution in [0, 0.1) is 12.3 Å². The van der Waals surface area contributed by atoms with Crippen molar-refractivity contribution >= 4 is 17.5 Å². The van der Waals surface area contributed by atoms with E-state index in [1.54, 1.807) is 56.0 Å². The maximum absolute atomic E-state index is 12.6. The Bertz CT molecular complexity index is 1000. The summed E-state index contributed by atoms with van der Waals surface area (Å²) in [7, 11) is 1.60. The van der Waals surface area contributed by atoms with E-state index in [2.05, 4.69) is 16.2 Å². The maximum atomic E-state index is 12.6. The van der Waals surface area contributed by atoms with Gasteiger partial charge in [-0.15, -0.1) is 6.42 Å². The number of carbonyl (C=O) groups excluding carboxylic acids is 2. The van der Waals surface area contributed by atoms with E-state index < -0.39 is 0 Å². The van der Waals surface area contributed by atoms with Crippen molar-refractivity contribution in [1.82, 2.24) is 14.5 Å². The number of carbonyl (C=O) groups is 2. The first-order chi connectivity index (χ1) is 13.5. The van der Waals surface area contributed by atoms with E-state index in [9.17, 15) is 9.59 Å². The number of aromatic nitrogens is 2. The number of terminal acetylenes is 1. The van der Waals surface area contributed by atoms with Crippen molar-refractivity contribution in [3.05, 3.63) is 83.9 Å². The van der Waals surface area contributed by atoms with Gasteiger partial charge >= 0.3 is 0 Å². The fraction of sp³-hybridized carbons (Fsp3) is 0.136. The molecule has 2 amide bonds. The summed E-state index contributed by atoms with van der Waals surface area (Å²) < 4.78 is 1.95. The first-order valence-electron chi connectivity index (χ1n) is 8.72. The molecule has 0 bridgehead atoms. The minimum absolute atomic E-state index is 0.0596. The van der Waals surface area contributed by atoms with Gasteiger partial charge in [-0.1, -0.05) is 24.1 Å². The molecule has 1 N–H and O–H groups in total. The molecule has 0 aliphatic rings. The predicted octanol–water partition coefficient (Wildman–Crippen LogP) is 2.62. The van der Waals surface area contributed by atoms with E-state index in [1.165, 1.54) is 4.90 Å². The van der Waals surface area contributed by atoms with Crippen molar-refractivity contribution in [2.24, 2.45) is 0 Å². The topological polar surface area (TPSA) is 67.2 Å². The SMILES string of the molecule is C#Cc1cccc(NC(=O)CN(C)C(=O)c2ccc(Cn3ccnc3)cc2)c1. The summed E-state index contributed by atoms with van der Waals surface area (Å²) in [5, 5.41) is 2.75. The molecule has 3 rings (SSSR count). The monoisotopic (exact) mass is 372 g/mol. The van der Waals surface area contributed by atoms with Crippen LogP contribution in [0.5, 0.6) is 0 Å². The lowest BCUT2D eigenvalue weighted by Gasteiger charge is -2.17. The molecule has 3 aromatic rings. The summed E-state index contributed by atoms with van der Waals surface area (Å²) in [5.41, 5.74) is 2.87. The highest BCUT2D eigenvalue weighted by Crippen LogP contribution is 2.11. The van der Waals surface area contributed by atoms with Gasteiger partial charge in [-0.25, -0.2) is 4.98 Å². The molecular formula is C22H20N4O2. The zero-order valence-corrected chi connectivity index (χ0v) is 15.5. The average molecular weight is 372 g/mol. The van der Waals surface area contributed by atoms with Crippen molar-refractivity contribution in [2.75, 3.05) is 18.9 Å². The second kappa shape index (κ2) is 8.69. The first kappa shape index (κ1) is 18.9. The van der Waals surface area contributed by atoms with E-state index in [0.29, 0.717) is 23.4 Å². The zero-order chi connectivity index (χ0) is 19.9.